The lowest BCUT2D eigenvalue weighted by molar-refractivity contribution is -0.114. The van der Waals surface area contributed by atoms with E-state index in [1.807, 2.05) is 0 Å². The first-order valence-electron chi connectivity index (χ1n) is 8.42. The Labute approximate surface area is 164 Å². The van der Waals surface area contributed by atoms with Crippen molar-refractivity contribution in [1.29, 1.82) is 0 Å². The van der Waals surface area contributed by atoms with E-state index in [1.165, 1.54) is 37.3 Å². The quantitative estimate of drug-likeness (QED) is 0.491. The SMILES string of the molecule is CCOC(=O)c1cc(Cl)cc2[nH]c(C(=O)c3cccc(F)c3)c(NC(C)=O)c12. The number of H-pyrrole nitrogens is 1. The summed E-state index contributed by atoms with van der Waals surface area (Å²) in [5.74, 6) is -2.21. The van der Waals surface area contributed by atoms with Crippen molar-refractivity contribution >= 4 is 45.9 Å². The monoisotopic (exact) mass is 402 g/mol. The Balaban J connectivity index is 2.28. The Hall–Kier alpha value is -3.19. The molecule has 8 heteroatoms. The molecule has 1 aromatic heterocycles. The molecule has 0 spiro atoms. The standard InChI is InChI=1S/C20H16ClFN2O4/c1-3-28-20(27)14-8-12(21)9-15-16(14)17(23-10(2)25)18(24-15)19(26)11-5-4-6-13(22)7-11/h4-9,24H,3H2,1-2H3,(H,23,25). The first-order chi connectivity index (χ1) is 13.3. The minimum absolute atomic E-state index is 0.00335. The topological polar surface area (TPSA) is 88.3 Å². The van der Waals surface area contributed by atoms with E-state index >= 15 is 0 Å². The highest BCUT2D eigenvalue weighted by atomic mass is 35.5. The predicted octanol–water partition coefficient (Wildman–Crippen LogP) is 4.33. The number of carbonyl (C=O) groups is 3. The minimum atomic E-state index is -0.648. The van der Waals surface area contributed by atoms with Crippen LogP contribution in [-0.2, 0) is 9.53 Å². The predicted molar refractivity (Wildman–Crippen MR) is 103 cm³/mol. The Bertz CT molecular complexity index is 1110. The molecule has 2 aromatic carbocycles. The van der Waals surface area contributed by atoms with Gasteiger partial charge in [-0.2, -0.15) is 0 Å². The van der Waals surface area contributed by atoms with Gasteiger partial charge in [-0.1, -0.05) is 23.7 Å². The Morgan fingerprint density at radius 1 is 1.21 bits per heavy atom. The van der Waals surface area contributed by atoms with Gasteiger partial charge in [0, 0.05) is 22.9 Å². The van der Waals surface area contributed by atoms with Crippen LogP contribution in [0.15, 0.2) is 36.4 Å². The Morgan fingerprint density at radius 2 is 1.96 bits per heavy atom. The van der Waals surface area contributed by atoms with E-state index in [9.17, 15) is 18.8 Å². The first kappa shape index (κ1) is 19.6. The number of hydrogen-bond acceptors (Lipinski definition) is 4. The molecule has 0 aliphatic carbocycles. The summed E-state index contributed by atoms with van der Waals surface area (Å²) in [6.07, 6.45) is 0. The fraction of sp³-hybridized carbons (Fsp3) is 0.150. The smallest absolute Gasteiger partial charge is 0.338 e. The van der Waals surface area contributed by atoms with Crippen LogP contribution in [0.4, 0.5) is 10.1 Å². The number of anilines is 1. The number of aromatic amines is 1. The number of amides is 1. The van der Waals surface area contributed by atoms with E-state index in [-0.39, 0.29) is 39.5 Å². The van der Waals surface area contributed by atoms with Crippen LogP contribution in [0.3, 0.4) is 0 Å². The molecule has 0 saturated carbocycles. The number of halogens is 2. The van der Waals surface area contributed by atoms with Gasteiger partial charge in [0.15, 0.2) is 0 Å². The van der Waals surface area contributed by atoms with E-state index in [2.05, 4.69) is 10.3 Å². The Kier molecular flexibility index (Phi) is 5.46. The number of carbonyl (C=O) groups excluding carboxylic acids is 3. The zero-order chi connectivity index (χ0) is 20.4. The van der Waals surface area contributed by atoms with Crippen LogP contribution in [0.1, 0.15) is 40.3 Å². The summed E-state index contributed by atoms with van der Waals surface area (Å²) >= 11 is 6.10. The minimum Gasteiger partial charge on any atom is -0.462 e. The summed E-state index contributed by atoms with van der Waals surface area (Å²) < 4.78 is 18.6. The first-order valence-corrected chi connectivity index (χ1v) is 8.79. The third kappa shape index (κ3) is 3.75. The zero-order valence-corrected chi connectivity index (χ0v) is 15.8. The molecule has 0 atom stereocenters. The van der Waals surface area contributed by atoms with Crippen molar-refractivity contribution in [3.05, 3.63) is 64.1 Å². The summed E-state index contributed by atoms with van der Waals surface area (Å²) in [5.41, 5.74) is 0.656. The third-order valence-electron chi connectivity index (χ3n) is 3.97. The zero-order valence-electron chi connectivity index (χ0n) is 15.1. The van der Waals surface area contributed by atoms with Crippen LogP contribution in [0.5, 0.6) is 0 Å². The largest absolute Gasteiger partial charge is 0.462 e. The van der Waals surface area contributed by atoms with Crippen LogP contribution in [0.2, 0.25) is 5.02 Å². The van der Waals surface area contributed by atoms with Crippen molar-refractivity contribution in [2.45, 2.75) is 13.8 Å². The fourth-order valence-electron chi connectivity index (χ4n) is 2.91. The molecule has 0 saturated heterocycles. The van der Waals surface area contributed by atoms with E-state index < -0.39 is 23.5 Å². The molecule has 6 nitrogen and oxygen atoms in total. The van der Waals surface area contributed by atoms with Crippen molar-refractivity contribution < 1.29 is 23.5 Å². The molecule has 0 aliphatic rings. The van der Waals surface area contributed by atoms with Crippen LogP contribution in [0, 0.1) is 5.82 Å². The lowest BCUT2D eigenvalue weighted by Gasteiger charge is -2.08. The molecule has 0 bridgehead atoms. The fourth-order valence-corrected chi connectivity index (χ4v) is 3.13. The van der Waals surface area contributed by atoms with E-state index in [0.717, 1.165) is 6.07 Å². The van der Waals surface area contributed by atoms with E-state index in [1.54, 1.807) is 6.92 Å². The number of esters is 1. The van der Waals surface area contributed by atoms with Gasteiger partial charge >= 0.3 is 5.97 Å². The normalized spacial score (nSPS) is 10.7. The van der Waals surface area contributed by atoms with Crippen molar-refractivity contribution in [2.24, 2.45) is 0 Å². The average molecular weight is 403 g/mol. The second-order valence-corrected chi connectivity index (χ2v) is 6.43. The maximum absolute atomic E-state index is 13.6. The molecule has 3 rings (SSSR count). The summed E-state index contributed by atoms with van der Waals surface area (Å²) in [4.78, 5) is 40.0. The number of hydrogen-bond donors (Lipinski definition) is 2. The summed E-state index contributed by atoms with van der Waals surface area (Å²) in [6.45, 7) is 3.07. The van der Waals surface area contributed by atoms with Gasteiger partial charge in [0.05, 0.1) is 23.4 Å². The summed E-state index contributed by atoms with van der Waals surface area (Å²) in [5, 5.41) is 3.12. The van der Waals surface area contributed by atoms with E-state index in [0.29, 0.717) is 5.52 Å². The number of benzene rings is 2. The number of nitrogens with one attached hydrogen (secondary N) is 2. The van der Waals surface area contributed by atoms with Gasteiger partial charge in [-0.05, 0) is 31.2 Å². The van der Waals surface area contributed by atoms with Gasteiger partial charge in [-0.15, -0.1) is 0 Å². The molecule has 3 aromatic rings. The molecule has 2 N–H and O–H groups in total. The molecule has 0 aliphatic heterocycles. The molecular weight excluding hydrogens is 387 g/mol. The van der Waals surface area contributed by atoms with Crippen molar-refractivity contribution in [2.75, 3.05) is 11.9 Å². The van der Waals surface area contributed by atoms with Crippen molar-refractivity contribution in [1.82, 2.24) is 4.98 Å². The van der Waals surface area contributed by atoms with Gasteiger partial charge in [-0.3, -0.25) is 9.59 Å². The lowest BCUT2D eigenvalue weighted by Crippen LogP contribution is -2.12. The second kappa shape index (κ2) is 7.82. The van der Waals surface area contributed by atoms with Gasteiger partial charge in [-0.25, -0.2) is 9.18 Å². The molecule has 144 valence electrons. The van der Waals surface area contributed by atoms with Crippen molar-refractivity contribution in [3.63, 3.8) is 0 Å². The molecule has 0 fully saturated rings. The molecule has 1 amide bonds. The number of ketones is 1. The highest BCUT2D eigenvalue weighted by Crippen LogP contribution is 2.35. The molecular formula is C20H16ClFN2O4. The van der Waals surface area contributed by atoms with Gasteiger partial charge in [0.25, 0.3) is 0 Å². The van der Waals surface area contributed by atoms with Gasteiger partial charge < -0.3 is 15.0 Å². The average Bonchev–Trinajstić information content (AvgIpc) is 2.98. The van der Waals surface area contributed by atoms with Gasteiger partial charge in [0.2, 0.25) is 11.7 Å². The lowest BCUT2D eigenvalue weighted by atomic mass is 10.0. The maximum Gasteiger partial charge on any atom is 0.338 e. The number of ether oxygens (including phenoxy) is 1. The summed E-state index contributed by atoms with van der Waals surface area (Å²) in [7, 11) is 0. The third-order valence-corrected chi connectivity index (χ3v) is 4.19. The Morgan fingerprint density at radius 3 is 2.61 bits per heavy atom. The van der Waals surface area contributed by atoms with Crippen LogP contribution >= 0.6 is 11.6 Å². The molecule has 0 radical (unpaired) electrons. The number of fused-ring (bicyclic) bond motifs is 1. The van der Waals surface area contributed by atoms with E-state index in [4.69, 9.17) is 16.3 Å². The molecule has 28 heavy (non-hydrogen) atoms. The highest BCUT2D eigenvalue weighted by Gasteiger charge is 2.25. The van der Waals surface area contributed by atoms with Crippen LogP contribution in [-0.4, -0.2) is 29.3 Å². The van der Waals surface area contributed by atoms with Crippen LogP contribution in [0.25, 0.3) is 10.9 Å². The summed E-state index contributed by atoms with van der Waals surface area (Å²) in [6, 6.07) is 8.09. The number of aromatic nitrogens is 1. The highest BCUT2D eigenvalue weighted by molar-refractivity contribution is 6.33. The van der Waals surface area contributed by atoms with Crippen molar-refractivity contribution in [3.8, 4) is 0 Å². The number of rotatable bonds is 5. The molecule has 1 heterocycles. The second-order valence-electron chi connectivity index (χ2n) is 5.99. The maximum atomic E-state index is 13.6. The van der Waals surface area contributed by atoms with Gasteiger partial charge in [0.1, 0.15) is 11.5 Å². The molecule has 0 unspecified atom stereocenters. The van der Waals surface area contributed by atoms with Crippen LogP contribution < -0.4 is 5.32 Å².